The molecular formula is C19H19N3O3S. The predicted octanol–water partition coefficient (Wildman–Crippen LogP) is 1.65. The Bertz CT molecular complexity index is 1010. The number of fused-ring (bicyclic) bond motifs is 2. The van der Waals surface area contributed by atoms with Crippen LogP contribution in [0.2, 0.25) is 0 Å². The number of hydrogen-bond donors (Lipinski definition) is 0. The Morgan fingerprint density at radius 1 is 1.12 bits per heavy atom. The summed E-state index contributed by atoms with van der Waals surface area (Å²) in [5.74, 6) is 0.290. The molecule has 0 saturated heterocycles. The van der Waals surface area contributed by atoms with E-state index in [2.05, 4.69) is 10.5 Å². The number of rotatable bonds is 2. The molecule has 26 heavy (non-hydrogen) atoms. The second-order valence-electron chi connectivity index (χ2n) is 6.58. The molecule has 0 fully saturated rings. The van der Waals surface area contributed by atoms with E-state index in [1.807, 2.05) is 23.1 Å². The lowest BCUT2D eigenvalue weighted by Crippen LogP contribution is -2.43. The van der Waals surface area contributed by atoms with Crippen molar-refractivity contribution in [1.29, 1.82) is 0 Å². The van der Waals surface area contributed by atoms with Gasteiger partial charge in [0.05, 0.1) is 6.54 Å². The molecule has 2 aromatic carbocycles. The van der Waals surface area contributed by atoms with E-state index in [4.69, 9.17) is 0 Å². The van der Waals surface area contributed by atoms with Crippen molar-refractivity contribution >= 4 is 21.8 Å². The summed E-state index contributed by atoms with van der Waals surface area (Å²) in [6.07, 6.45) is 0.837. The van der Waals surface area contributed by atoms with Crippen molar-refractivity contribution in [3.63, 3.8) is 0 Å². The number of likely N-dealkylation sites (N-methyl/N-ethyl adjacent to an activating group) is 1. The van der Waals surface area contributed by atoms with Gasteiger partial charge < -0.3 is 9.80 Å². The first-order valence-electron chi connectivity index (χ1n) is 8.46. The molecule has 0 radical (unpaired) electrons. The van der Waals surface area contributed by atoms with Gasteiger partial charge in [-0.15, -0.1) is 4.40 Å². The van der Waals surface area contributed by atoms with Gasteiger partial charge in [0.15, 0.2) is 5.84 Å². The molecule has 0 aromatic heterocycles. The largest absolute Gasteiger partial charge is 0.349 e. The van der Waals surface area contributed by atoms with Crippen LogP contribution < -0.4 is 0 Å². The molecule has 0 bridgehead atoms. The highest BCUT2D eigenvalue weighted by Crippen LogP contribution is 2.27. The van der Waals surface area contributed by atoms with Crippen LogP contribution in [0.25, 0.3) is 0 Å². The molecule has 2 aliphatic rings. The Morgan fingerprint density at radius 2 is 1.81 bits per heavy atom. The highest BCUT2D eigenvalue weighted by atomic mass is 32.2. The Hall–Kier alpha value is -2.67. The first-order valence-corrected chi connectivity index (χ1v) is 9.90. The van der Waals surface area contributed by atoms with E-state index in [-0.39, 0.29) is 17.3 Å². The summed E-state index contributed by atoms with van der Waals surface area (Å²) in [4.78, 5) is 16.4. The maximum atomic E-state index is 12.7. The molecule has 0 aliphatic carbocycles. The predicted molar refractivity (Wildman–Crippen MR) is 98.4 cm³/mol. The van der Waals surface area contributed by atoms with E-state index in [1.165, 1.54) is 11.1 Å². The molecule has 6 nitrogen and oxygen atoms in total. The minimum Gasteiger partial charge on any atom is -0.349 e. The summed E-state index contributed by atoms with van der Waals surface area (Å²) >= 11 is 0. The van der Waals surface area contributed by atoms with Crippen LogP contribution in [0.5, 0.6) is 0 Å². The second kappa shape index (κ2) is 6.25. The molecule has 7 heteroatoms. The van der Waals surface area contributed by atoms with E-state index in [9.17, 15) is 13.2 Å². The normalized spacial score (nSPS) is 17.3. The van der Waals surface area contributed by atoms with Gasteiger partial charge in [-0.25, -0.2) is 0 Å². The van der Waals surface area contributed by atoms with Crippen molar-refractivity contribution in [3.8, 4) is 0 Å². The van der Waals surface area contributed by atoms with Crippen LogP contribution in [-0.2, 0) is 27.8 Å². The van der Waals surface area contributed by atoms with Gasteiger partial charge in [-0.1, -0.05) is 36.4 Å². The third-order valence-corrected chi connectivity index (χ3v) is 6.15. The van der Waals surface area contributed by atoms with Gasteiger partial charge in [0, 0.05) is 25.7 Å². The lowest BCUT2D eigenvalue weighted by molar-refractivity contribution is -0.132. The second-order valence-corrected chi connectivity index (χ2v) is 8.15. The molecule has 0 saturated carbocycles. The van der Waals surface area contributed by atoms with Gasteiger partial charge in [-0.3, -0.25) is 4.79 Å². The summed E-state index contributed by atoms with van der Waals surface area (Å²) in [6, 6.07) is 14.8. The molecule has 0 atom stereocenters. The number of amidine groups is 1. The number of carbonyl (C=O) groups excluding carboxylic acids is 1. The minimum absolute atomic E-state index is 0.0357. The summed E-state index contributed by atoms with van der Waals surface area (Å²) in [6.45, 7) is 1.35. The van der Waals surface area contributed by atoms with E-state index >= 15 is 0 Å². The van der Waals surface area contributed by atoms with Gasteiger partial charge in [0.2, 0.25) is 5.91 Å². The molecule has 2 aromatic rings. The lowest BCUT2D eigenvalue weighted by atomic mass is 10.00. The Labute approximate surface area is 152 Å². The fourth-order valence-electron chi connectivity index (χ4n) is 3.45. The standard InChI is InChI=1S/C19H19N3O3S/c1-21(19-16-8-4-5-9-17(16)26(24,25)20-19)13-18(23)22-11-10-14-6-2-3-7-15(14)12-22/h2-9H,10-13H2,1H3. The number of amides is 1. The van der Waals surface area contributed by atoms with Crippen LogP contribution in [0.4, 0.5) is 0 Å². The average Bonchev–Trinajstić information content (AvgIpc) is 2.93. The maximum absolute atomic E-state index is 12.7. The van der Waals surface area contributed by atoms with Crippen LogP contribution in [-0.4, -0.2) is 50.1 Å². The first kappa shape index (κ1) is 16.8. The summed E-state index contributed by atoms with van der Waals surface area (Å²) in [5, 5.41) is 0. The molecule has 1 amide bonds. The van der Waals surface area contributed by atoms with Crippen LogP contribution in [0.3, 0.4) is 0 Å². The summed E-state index contributed by atoms with van der Waals surface area (Å²) in [5.41, 5.74) is 3.00. The van der Waals surface area contributed by atoms with Gasteiger partial charge in [0.25, 0.3) is 10.0 Å². The van der Waals surface area contributed by atoms with Crippen LogP contribution in [0, 0.1) is 0 Å². The molecule has 0 unspecified atom stereocenters. The quantitative estimate of drug-likeness (QED) is 0.807. The van der Waals surface area contributed by atoms with Crippen molar-refractivity contribution in [2.75, 3.05) is 20.1 Å². The average molecular weight is 369 g/mol. The third-order valence-electron chi connectivity index (χ3n) is 4.83. The Kier molecular flexibility index (Phi) is 4.03. The number of benzene rings is 2. The van der Waals surface area contributed by atoms with Gasteiger partial charge in [-0.2, -0.15) is 8.42 Å². The van der Waals surface area contributed by atoms with Crippen LogP contribution >= 0.6 is 0 Å². The van der Waals surface area contributed by atoms with Crippen LogP contribution in [0.1, 0.15) is 16.7 Å². The van der Waals surface area contributed by atoms with Gasteiger partial charge in [0.1, 0.15) is 4.90 Å². The molecule has 2 heterocycles. The zero-order valence-electron chi connectivity index (χ0n) is 14.4. The molecule has 4 rings (SSSR count). The van der Waals surface area contributed by atoms with E-state index in [0.717, 1.165) is 6.42 Å². The number of sulfonamides is 1. The zero-order valence-corrected chi connectivity index (χ0v) is 15.2. The molecule has 0 spiro atoms. The highest BCUT2D eigenvalue weighted by Gasteiger charge is 2.31. The minimum atomic E-state index is -3.68. The fraction of sp³-hybridized carbons (Fsp3) is 0.263. The van der Waals surface area contributed by atoms with E-state index < -0.39 is 10.0 Å². The first-order chi connectivity index (χ1) is 12.5. The lowest BCUT2D eigenvalue weighted by Gasteiger charge is -2.30. The van der Waals surface area contributed by atoms with E-state index in [0.29, 0.717) is 24.5 Å². The number of nitrogens with zero attached hydrogens (tertiary/aromatic N) is 3. The molecule has 134 valence electrons. The van der Waals surface area contributed by atoms with Crippen molar-refractivity contribution in [1.82, 2.24) is 9.80 Å². The van der Waals surface area contributed by atoms with Gasteiger partial charge >= 0.3 is 0 Å². The topological polar surface area (TPSA) is 70.1 Å². The Balaban J connectivity index is 1.51. The fourth-order valence-corrected chi connectivity index (χ4v) is 4.70. The molecular weight excluding hydrogens is 350 g/mol. The highest BCUT2D eigenvalue weighted by molar-refractivity contribution is 7.90. The Morgan fingerprint density at radius 3 is 2.62 bits per heavy atom. The van der Waals surface area contributed by atoms with Crippen molar-refractivity contribution in [2.24, 2.45) is 4.40 Å². The zero-order chi connectivity index (χ0) is 18.3. The molecule has 0 N–H and O–H groups in total. The van der Waals surface area contributed by atoms with E-state index in [1.54, 1.807) is 36.2 Å². The van der Waals surface area contributed by atoms with Crippen molar-refractivity contribution in [3.05, 3.63) is 65.2 Å². The smallest absolute Gasteiger partial charge is 0.285 e. The van der Waals surface area contributed by atoms with Crippen molar-refractivity contribution in [2.45, 2.75) is 17.9 Å². The molecule has 2 aliphatic heterocycles. The summed E-state index contributed by atoms with van der Waals surface area (Å²) in [7, 11) is -1.98. The third kappa shape index (κ3) is 2.88. The van der Waals surface area contributed by atoms with Crippen molar-refractivity contribution < 1.29 is 13.2 Å². The number of hydrogen-bond acceptors (Lipinski definition) is 4. The number of carbonyl (C=O) groups is 1. The summed E-state index contributed by atoms with van der Waals surface area (Å²) < 4.78 is 28.2. The SMILES string of the molecule is CN(CC(=O)N1CCc2ccccc2C1)C1=NS(=O)(=O)c2ccccc21. The van der Waals surface area contributed by atoms with Crippen LogP contribution in [0.15, 0.2) is 57.8 Å². The van der Waals surface area contributed by atoms with Gasteiger partial charge in [-0.05, 0) is 29.7 Å². The monoisotopic (exact) mass is 369 g/mol. The maximum Gasteiger partial charge on any atom is 0.285 e.